The van der Waals surface area contributed by atoms with Crippen LogP contribution in [0.1, 0.15) is 38.2 Å². The van der Waals surface area contributed by atoms with Crippen molar-refractivity contribution in [2.75, 3.05) is 0 Å². The predicted octanol–water partition coefficient (Wildman–Crippen LogP) is 3.34. The van der Waals surface area contributed by atoms with Crippen molar-refractivity contribution < 1.29 is 27.3 Å². The maximum Gasteiger partial charge on any atom is 0.495 e. The van der Waals surface area contributed by atoms with Crippen molar-refractivity contribution in [3.05, 3.63) is 41.7 Å². The first kappa shape index (κ1) is 16.9. The maximum absolute atomic E-state index is 14.4. The molecule has 3 rings (SSSR count). The summed E-state index contributed by atoms with van der Waals surface area (Å²) in [6.45, 7) is 7.44. The third-order valence-electron chi connectivity index (χ3n) is 4.58. The van der Waals surface area contributed by atoms with E-state index in [1.807, 2.05) is 27.7 Å². The summed E-state index contributed by atoms with van der Waals surface area (Å²) < 4.78 is 45.6. The lowest BCUT2D eigenvalue weighted by Gasteiger charge is -2.32. The number of carbonyl (C=O) groups excluding carboxylic acids is 1. The summed E-state index contributed by atoms with van der Waals surface area (Å²) in [5.41, 5.74) is -1.30. The average molecular weight is 334 g/mol. The van der Waals surface area contributed by atoms with Gasteiger partial charge in [-0.3, -0.25) is 4.79 Å². The SMILES string of the molecule is CC1(C)OB(c2cc(F)c(-c3ccc(C=O)o3)c(F)c2)OC1(C)C. The van der Waals surface area contributed by atoms with Crippen LogP contribution in [-0.4, -0.2) is 24.6 Å². The highest BCUT2D eigenvalue weighted by atomic mass is 19.1. The molecule has 2 aromatic rings. The van der Waals surface area contributed by atoms with E-state index in [1.165, 1.54) is 12.1 Å². The van der Waals surface area contributed by atoms with Crippen LogP contribution in [0, 0.1) is 11.6 Å². The summed E-state index contributed by atoms with van der Waals surface area (Å²) in [4.78, 5) is 10.7. The molecular weight excluding hydrogens is 317 g/mol. The number of rotatable bonds is 3. The van der Waals surface area contributed by atoms with Gasteiger partial charge in [-0.2, -0.15) is 0 Å². The van der Waals surface area contributed by atoms with Crippen LogP contribution in [0.5, 0.6) is 0 Å². The topological polar surface area (TPSA) is 48.7 Å². The summed E-state index contributed by atoms with van der Waals surface area (Å²) in [5, 5.41) is 0. The Morgan fingerprint density at radius 1 is 1.00 bits per heavy atom. The van der Waals surface area contributed by atoms with Crippen molar-refractivity contribution in [3.63, 3.8) is 0 Å². The first-order valence-corrected chi connectivity index (χ1v) is 7.54. The molecule has 1 aromatic heterocycles. The van der Waals surface area contributed by atoms with Gasteiger partial charge in [-0.15, -0.1) is 0 Å². The molecule has 1 saturated heterocycles. The van der Waals surface area contributed by atoms with E-state index in [0.717, 1.165) is 12.1 Å². The monoisotopic (exact) mass is 334 g/mol. The Kier molecular flexibility index (Phi) is 3.88. The van der Waals surface area contributed by atoms with E-state index in [9.17, 15) is 13.6 Å². The van der Waals surface area contributed by atoms with Crippen molar-refractivity contribution in [2.45, 2.75) is 38.9 Å². The molecule has 1 aromatic carbocycles. The fourth-order valence-corrected chi connectivity index (χ4v) is 2.49. The maximum atomic E-state index is 14.4. The van der Waals surface area contributed by atoms with Gasteiger partial charge in [0.25, 0.3) is 0 Å². The molecule has 0 bridgehead atoms. The van der Waals surface area contributed by atoms with Gasteiger partial charge < -0.3 is 13.7 Å². The zero-order valence-corrected chi connectivity index (χ0v) is 13.9. The average Bonchev–Trinajstić information content (AvgIpc) is 3.01. The summed E-state index contributed by atoms with van der Waals surface area (Å²) in [7, 11) is -0.866. The Morgan fingerprint density at radius 2 is 1.54 bits per heavy atom. The summed E-state index contributed by atoms with van der Waals surface area (Å²) in [5.74, 6) is -1.68. The first-order valence-electron chi connectivity index (χ1n) is 7.54. The second-order valence-corrected chi connectivity index (χ2v) is 6.77. The van der Waals surface area contributed by atoms with Crippen molar-refractivity contribution in [1.29, 1.82) is 0 Å². The minimum absolute atomic E-state index is 0.00108. The molecule has 0 radical (unpaired) electrons. The third-order valence-corrected chi connectivity index (χ3v) is 4.58. The minimum Gasteiger partial charge on any atom is -0.453 e. The molecule has 7 heteroatoms. The van der Waals surface area contributed by atoms with Gasteiger partial charge in [0.1, 0.15) is 17.4 Å². The van der Waals surface area contributed by atoms with E-state index >= 15 is 0 Å². The number of benzene rings is 1. The van der Waals surface area contributed by atoms with Crippen molar-refractivity contribution in [3.8, 4) is 11.3 Å². The molecule has 1 aliphatic rings. The highest BCUT2D eigenvalue weighted by molar-refractivity contribution is 6.62. The van der Waals surface area contributed by atoms with E-state index in [4.69, 9.17) is 13.7 Å². The van der Waals surface area contributed by atoms with Gasteiger partial charge in [-0.05, 0) is 57.4 Å². The molecule has 2 heterocycles. The van der Waals surface area contributed by atoms with Crippen molar-refractivity contribution >= 4 is 18.9 Å². The Morgan fingerprint density at radius 3 is 2.00 bits per heavy atom. The van der Waals surface area contributed by atoms with Crippen molar-refractivity contribution in [1.82, 2.24) is 0 Å². The standard InChI is InChI=1S/C17H17BF2O4/c1-16(2)17(3,4)24-18(23-16)10-7-12(19)15(13(20)8-10)14-6-5-11(9-21)22-14/h5-9H,1-4H3. The molecule has 126 valence electrons. The number of furan rings is 1. The lowest BCUT2D eigenvalue weighted by atomic mass is 9.78. The van der Waals surface area contributed by atoms with Crippen LogP contribution >= 0.6 is 0 Å². The lowest BCUT2D eigenvalue weighted by Crippen LogP contribution is -2.41. The number of hydrogen-bond acceptors (Lipinski definition) is 4. The van der Waals surface area contributed by atoms with Crippen LogP contribution < -0.4 is 5.46 Å². The van der Waals surface area contributed by atoms with Gasteiger partial charge in [0.05, 0.1) is 16.8 Å². The molecule has 0 aliphatic carbocycles. The lowest BCUT2D eigenvalue weighted by molar-refractivity contribution is 0.00578. The van der Waals surface area contributed by atoms with Gasteiger partial charge >= 0.3 is 7.12 Å². The molecule has 0 amide bonds. The zero-order valence-electron chi connectivity index (χ0n) is 13.9. The molecule has 1 fully saturated rings. The van der Waals surface area contributed by atoms with Crippen LogP contribution in [0.2, 0.25) is 0 Å². The largest absolute Gasteiger partial charge is 0.495 e. The van der Waals surface area contributed by atoms with Crippen LogP contribution in [0.15, 0.2) is 28.7 Å². The molecule has 0 N–H and O–H groups in total. The Bertz CT molecular complexity index is 759. The molecule has 24 heavy (non-hydrogen) atoms. The second kappa shape index (κ2) is 5.53. The van der Waals surface area contributed by atoms with Crippen LogP contribution in [0.3, 0.4) is 0 Å². The Hall–Kier alpha value is -1.99. The van der Waals surface area contributed by atoms with E-state index in [0.29, 0.717) is 6.29 Å². The molecule has 0 unspecified atom stereocenters. The summed E-state index contributed by atoms with van der Waals surface area (Å²) in [6, 6.07) is 5.01. The van der Waals surface area contributed by atoms with Gasteiger partial charge in [0.15, 0.2) is 12.0 Å². The van der Waals surface area contributed by atoms with Crippen LogP contribution in [0.25, 0.3) is 11.3 Å². The Labute approximate surface area is 138 Å². The highest BCUT2D eigenvalue weighted by Crippen LogP contribution is 2.37. The van der Waals surface area contributed by atoms with Gasteiger partial charge in [-0.25, -0.2) is 8.78 Å². The highest BCUT2D eigenvalue weighted by Gasteiger charge is 2.52. The first-order chi connectivity index (χ1) is 11.1. The van der Waals surface area contributed by atoms with Gasteiger partial charge in [0.2, 0.25) is 0 Å². The summed E-state index contributed by atoms with van der Waals surface area (Å²) >= 11 is 0. The molecular formula is C17H17BF2O4. The number of aldehydes is 1. The molecule has 0 saturated carbocycles. The fraction of sp³-hybridized carbons (Fsp3) is 0.353. The zero-order chi connectivity index (χ0) is 17.7. The molecule has 1 aliphatic heterocycles. The predicted molar refractivity (Wildman–Crippen MR) is 85.2 cm³/mol. The molecule has 0 atom stereocenters. The molecule has 4 nitrogen and oxygen atoms in total. The smallest absolute Gasteiger partial charge is 0.453 e. The van der Waals surface area contributed by atoms with Gasteiger partial charge in [-0.1, -0.05) is 0 Å². The number of carbonyl (C=O) groups is 1. The fourth-order valence-electron chi connectivity index (χ4n) is 2.49. The van der Waals surface area contributed by atoms with E-state index in [-0.39, 0.29) is 22.5 Å². The quantitative estimate of drug-likeness (QED) is 0.638. The van der Waals surface area contributed by atoms with E-state index in [1.54, 1.807) is 0 Å². The second-order valence-electron chi connectivity index (χ2n) is 6.77. The normalized spacial score (nSPS) is 18.8. The van der Waals surface area contributed by atoms with Crippen LogP contribution in [0.4, 0.5) is 8.78 Å². The molecule has 0 spiro atoms. The number of halogens is 2. The van der Waals surface area contributed by atoms with E-state index in [2.05, 4.69) is 0 Å². The van der Waals surface area contributed by atoms with E-state index < -0.39 is 30.0 Å². The minimum atomic E-state index is -0.866. The van der Waals surface area contributed by atoms with Crippen LogP contribution in [-0.2, 0) is 9.31 Å². The van der Waals surface area contributed by atoms with Crippen molar-refractivity contribution in [2.24, 2.45) is 0 Å². The Balaban J connectivity index is 1.98. The summed E-state index contributed by atoms with van der Waals surface area (Å²) in [6.07, 6.45) is 0.470. The number of hydrogen-bond donors (Lipinski definition) is 0. The third kappa shape index (κ3) is 2.67. The van der Waals surface area contributed by atoms with Gasteiger partial charge in [0, 0.05) is 0 Å².